The summed E-state index contributed by atoms with van der Waals surface area (Å²) in [6.07, 6.45) is 8.94. The molecule has 3 aromatic rings. The Hall–Kier alpha value is -3.16. The van der Waals surface area contributed by atoms with E-state index < -0.39 is 5.82 Å². The van der Waals surface area contributed by atoms with Gasteiger partial charge < -0.3 is 10.2 Å². The summed E-state index contributed by atoms with van der Waals surface area (Å²) in [4.78, 5) is 14.4. The first kappa shape index (κ1) is 17.3. The second-order valence-corrected chi connectivity index (χ2v) is 6.76. The lowest BCUT2D eigenvalue weighted by atomic mass is 10.1. The summed E-state index contributed by atoms with van der Waals surface area (Å²) in [5.41, 5.74) is 2.15. The molecule has 0 spiro atoms. The molecular formula is C19H21FN6O. The third-order valence-corrected chi connectivity index (χ3v) is 4.81. The van der Waals surface area contributed by atoms with Gasteiger partial charge in [-0.3, -0.25) is 4.68 Å². The number of aromatic nitrogens is 4. The van der Waals surface area contributed by atoms with E-state index >= 15 is 0 Å². The van der Waals surface area contributed by atoms with Crippen LogP contribution in [0.2, 0.25) is 0 Å². The van der Waals surface area contributed by atoms with Crippen LogP contribution in [0, 0.1) is 12.7 Å². The molecule has 1 fully saturated rings. The molecule has 2 amide bonds. The van der Waals surface area contributed by atoms with Crippen molar-refractivity contribution in [1.29, 1.82) is 0 Å². The Labute approximate surface area is 156 Å². The highest BCUT2D eigenvalue weighted by Crippen LogP contribution is 2.25. The summed E-state index contributed by atoms with van der Waals surface area (Å²) in [6.45, 7) is 3.27. The monoisotopic (exact) mass is 368 g/mol. The van der Waals surface area contributed by atoms with Crippen LogP contribution >= 0.6 is 0 Å². The van der Waals surface area contributed by atoms with Crippen LogP contribution in [0.4, 0.5) is 14.9 Å². The van der Waals surface area contributed by atoms with E-state index in [0.29, 0.717) is 30.5 Å². The van der Waals surface area contributed by atoms with Crippen LogP contribution in [0.1, 0.15) is 24.4 Å². The maximum atomic E-state index is 13.7. The van der Waals surface area contributed by atoms with E-state index in [1.54, 1.807) is 34.1 Å². The van der Waals surface area contributed by atoms with Gasteiger partial charge in [-0.1, -0.05) is 0 Å². The molecule has 7 nitrogen and oxygen atoms in total. The quantitative estimate of drug-likeness (QED) is 0.771. The number of carbonyl (C=O) groups is 1. The number of hydrogen-bond donors (Lipinski definition) is 1. The number of piperidine rings is 1. The standard InChI is InChI=1S/C19H21FN6O/c1-14-12-22-26(13-14)16-5-9-24(10-6-16)19(27)23-17-11-15(20)3-4-18(17)25-8-2-7-21-25/h2-4,7-8,11-13,16H,5-6,9-10H2,1H3,(H,23,27). The lowest BCUT2D eigenvalue weighted by Crippen LogP contribution is -2.41. The number of halogens is 1. The van der Waals surface area contributed by atoms with E-state index in [4.69, 9.17) is 0 Å². The zero-order valence-electron chi connectivity index (χ0n) is 15.0. The smallest absolute Gasteiger partial charge is 0.321 e. The molecule has 8 heteroatoms. The van der Waals surface area contributed by atoms with Crippen LogP contribution in [0.5, 0.6) is 0 Å². The lowest BCUT2D eigenvalue weighted by Gasteiger charge is -2.32. The topological polar surface area (TPSA) is 68.0 Å². The van der Waals surface area contributed by atoms with Crippen molar-refractivity contribution < 1.29 is 9.18 Å². The Morgan fingerprint density at radius 2 is 2.07 bits per heavy atom. The summed E-state index contributed by atoms with van der Waals surface area (Å²) >= 11 is 0. The molecular weight excluding hydrogens is 347 g/mol. The molecule has 0 aliphatic carbocycles. The summed E-state index contributed by atoms with van der Waals surface area (Å²) in [5, 5.41) is 11.4. The molecule has 1 N–H and O–H groups in total. The number of amides is 2. The van der Waals surface area contributed by atoms with Crippen molar-refractivity contribution in [1.82, 2.24) is 24.5 Å². The van der Waals surface area contributed by atoms with Crippen molar-refractivity contribution in [2.75, 3.05) is 18.4 Å². The number of likely N-dealkylation sites (tertiary alicyclic amines) is 1. The zero-order valence-corrected chi connectivity index (χ0v) is 15.0. The van der Waals surface area contributed by atoms with Gasteiger partial charge in [0.15, 0.2) is 0 Å². The Bertz CT molecular complexity index is 928. The second-order valence-electron chi connectivity index (χ2n) is 6.76. The molecule has 2 aromatic heterocycles. The first-order chi connectivity index (χ1) is 13.1. The molecule has 0 radical (unpaired) electrons. The summed E-state index contributed by atoms with van der Waals surface area (Å²) in [5.74, 6) is -0.408. The lowest BCUT2D eigenvalue weighted by molar-refractivity contribution is 0.180. The van der Waals surface area contributed by atoms with Gasteiger partial charge in [0, 0.05) is 31.7 Å². The SMILES string of the molecule is Cc1cnn(C2CCN(C(=O)Nc3cc(F)ccc3-n3cccn3)CC2)c1. The van der Waals surface area contributed by atoms with E-state index in [1.807, 2.05) is 24.0 Å². The number of aryl methyl sites for hydroxylation is 1. The molecule has 0 unspecified atom stereocenters. The predicted octanol–water partition coefficient (Wildman–Crippen LogP) is 3.39. The average molecular weight is 368 g/mol. The Kier molecular flexibility index (Phi) is 4.62. The number of anilines is 1. The number of rotatable bonds is 3. The zero-order chi connectivity index (χ0) is 18.8. The fourth-order valence-electron chi connectivity index (χ4n) is 3.38. The van der Waals surface area contributed by atoms with Crippen molar-refractivity contribution in [2.45, 2.75) is 25.8 Å². The molecule has 140 valence electrons. The van der Waals surface area contributed by atoms with E-state index in [0.717, 1.165) is 18.4 Å². The van der Waals surface area contributed by atoms with Gasteiger partial charge in [-0.25, -0.2) is 13.9 Å². The summed E-state index contributed by atoms with van der Waals surface area (Å²) in [6, 6.07) is 6.11. The van der Waals surface area contributed by atoms with Gasteiger partial charge >= 0.3 is 6.03 Å². The largest absolute Gasteiger partial charge is 0.324 e. The van der Waals surface area contributed by atoms with Gasteiger partial charge in [-0.2, -0.15) is 10.2 Å². The van der Waals surface area contributed by atoms with E-state index in [-0.39, 0.29) is 6.03 Å². The molecule has 1 aromatic carbocycles. The van der Waals surface area contributed by atoms with Gasteiger partial charge in [-0.15, -0.1) is 0 Å². The molecule has 0 saturated carbocycles. The summed E-state index contributed by atoms with van der Waals surface area (Å²) in [7, 11) is 0. The number of carbonyl (C=O) groups excluding carboxylic acids is 1. The normalized spacial score (nSPS) is 15.1. The number of benzene rings is 1. The minimum atomic E-state index is -0.408. The number of nitrogens with zero attached hydrogens (tertiary/aromatic N) is 5. The summed E-state index contributed by atoms with van der Waals surface area (Å²) < 4.78 is 17.3. The fourth-order valence-corrected chi connectivity index (χ4v) is 3.38. The highest BCUT2D eigenvalue weighted by molar-refractivity contribution is 5.91. The predicted molar refractivity (Wildman–Crippen MR) is 99.3 cm³/mol. The molecule has 0 bridgehead atoms. The van der Waals surface area contributed by atoms with Crippen LogP contribution in [0.3, 0.4) is 0 Å². The molecule has 0 atom stereocenters. The van der Waals surface area contributed by atoms with Gasteiger partial charge in [0.05, 0.1) is 23.6 Å². The van der Waals surface area contributed by atoms with E-state index in [9.17, 15) is 9.18 Å². The minimum Gasteiger partial charge on any atom is -0.324 e. The van der Waals surface area contributed by atoms with Crippen molar-refractivity contribution >= 4 is 11.7 Å². The first-order valence-corrected chi connectivity index (χ1v) is 8.96. The Morgan fingerprint density at radius 3 is 2.74 bits per heavy atom. The van der Waals surface area contributed by atoms with Crippen molar-refractivity contribution in [3.63, 3.8) is 0 Å². The van der Waals surface area contributed by atoms with Crippen molar-refractivity contribution in [3.8, 4) is 5.69 Å². The van der Waals surface area contributed by atoms with Gasteiger partial charge in [0.2, 0.25) is 0 Å². The number of nitrogens with one attached hydrogen (secondary N) is 1. The number of urea groups is 1. The van der Waals surface area contributed by atoms with Gasteiger partial charge in [0.1, 0.15) is 5.82 Å². The minimum absolute atomic E-state index is 0.232. The number of hydrogen-bond acceptors (Lipinski definition) is 3. The first-order valence-electron chi connectivity index (χ1n) is 8.96. The van der Waals surface area contributed by atoms with Crippen LogP contribution in [-0.2, 0) is 0 Å². The van der Waals surface area contributed by atoms with Crippen molar-refractivity contribution in [3.05, 3.63) is 60.4 Å². The molecule has 1 aliphatic rings. The Morgan fingerprint density at radius 1 is 1.26 bits per heavy atom. The third kappa shape index (κ3) is 3.69. The second kappa shape index (κ2) is 7.22. The van der Waals surface area contributed by atoms with Crippen LogP contribution < -0.4 is 5.32 Å². The van der Waals surface area contributed by atoms with Crippen LogP contribution in [-0.4, -0.2) is 43.6 Å². The fraction of sp³-hybridized carbons (Fsp3) is 0.316. The molecule has 4 rings (SSSR count). The highest BCUT2D eigenvalue weighted by atomic mass is 19.1. The Balaban J connectivity index is 1.44. The van der Waals surface area contributed by atoms with Crippen LogP contribution in [0.15, 0.2) is 49.1 Å². The van der Waals surface area contributed by atoms with E-state index in [1.165, 1.54) is 12.1 Å². The van der Waals surface area contributed by atoms with Crippen molar-refractivity contribution in [2.24, 2.45) is 0 Å². The molecule has 27 heavy (non-hydrogen) atoms. The molecule has 1 aliphatic heterocycles. The van der Waals surface area contributed by atoms with Gasteiger partial charge in [-0.05, 0) is 49.6 Å². The maximum Gasteiger partial charge on any atom is 0.321 e. The van der Waals surface area contributed by atoms with E-state index in [2.05, 4.69) is 15.5 Å². The third-order valence-electron chi connectivity index (χ3n) is 4.81. The molecule has 3 heterocycles. The maximum absolute atomic E-state index is 13.7. The molecule has 1 saturated heterocycles. The highest BCUT2D eigenvalue weighted by Gasteiger charge is 2.25. The van der Waals surface area contributed by atoms with Crippen LogP contribution in [0.25, 0.3) is 5.69 Å². The van der Waals surface area contributed by atoms with Gasteiger partial charge in [0.25, 0.3) is 0 Å². The average Bonchev–Trinajstić information content (AvgIpc) is 3.34.